The molecule has 14 heavy (non-hydrogen) atoms. The molecule has 74 valence electrons. The molecule has 0 aliphatic heterocycles. The van der Waals surface area contributed by atoms with Gasteiger partial charge in [0.1, 0.15) is 6.33 Å². The van der Waals surface area contributed by atoms with Crippen LogP contribution in [0.25, 0.3) is 0 Å². The van der Waals surface area contributed by atoms with E-state index in [0.717, 1.165) is 0 Å². The van der Waals surface area contributed by atoms with Crippen molar-refractivity contribution in [3.05, 3.63) is 12.2 Å². The van der Waals surface area contributed by atoms with Gasteiger partial charge in [-0.15, -0.1) is 0 Å². The molecule has 1 aromatic rings. The summed E-state index contributed by atoms with van der Waals surface area (Å²) in [4.78, 5) is 16.9. The van der Waals surface area contributed by atoms with Gasteiger partial charge in [0.05, 0.1) is 12.5 Å². The highest BCUT2D eigenvalue weighted by Gasteiger charge is 2.15. The van der Waals surface area contributed by atoms with E-state index in [1.165, 1.54) is 6.33 Å². The zero-order valence-electron chi connectivity index (χ0n) is 7.90. The molecule has 0 aliphatic rings. The lowest BCUT2D eigenvalue weighted by atomic mass is 10.3. The van der Waals surface area contributed by atoms with Crippen molar-refractivity contribution in [2.24, 2.45) is 0 Å². The summed E-state index contributed by atoms with van der Waals surface area (Å²) in [6.45, 7) is 2.83. The Morgan fingerprint density at radius 2 is 2.57 bits per heavy atom. The summed E-state index contributed by atoms with van der Waals surface area (Å²) in [5.41, 5.74) is 0. The van der Waals surface area contributed by atoms with Crippen molar-refractivity contribution in [2.45, 2.75) is 13.3 Å². The maximum Gasteiger partial charge on any atom is 0.291 e. The summed E-state index contributed by atoms with van der Waals surface area (Å²) in [5.74, 6) is -0.00922. The lowest BCUT2D eigenvalue weighted by molar-refractivity contribution is 0.0756. The van der Waals surface area contributed by atoms with Crippen molar-refractivity contribution < 1.29 is 4.79 Å². The van der Waals surface area contributed by atoms with Crippen molar-refractivity contribution in [1.29, 1.82) is 5.26 Å². The predicted octanol–water partition coefficient (Wildman–Crippen LogP) is 0.180. The first-order valence-corrected chi connectivity index (χ1v) is 4.31. The summed E-state index contributed by atoms with van der Waals surface area (Å²) in [6, 6.07) is 1.99. The molecule has 1 N–H and O–H groups in total. The summed E-state index contributed by atoms with van der Waals surface area (Å²) < 4.78 is 0. The van der Waals surface area contributed by atoms with Gasteiger partial charge in [-0.05, 0) is 6.92 Å². The number of nitrogens with one attached hydrogen (secondary N) is 1. The number of hydrogen-bond donors (Lipinski definition) is 1. The second-order valence-corrected chi connectivity index (χ2v) is 2.63. The Morgan fingerprint density at radius 1 is 1.79 bits per heavy atom. The minimum atomic E-state index is -0.222. The summed E-state index contributed by atoms with van der Waals surface area (Å²) in [6.07, 6.45) is 1.61. The van der Waals surface area contributed by atoms with Crippen LogP contribution in [0.3, 0.4) is 0 Å². The van der Waals surface area contributed by atoms with Crippen LogP contribution >= 0.6 is 0 Å². The standard InChI is InChI=1S/C8H11N5O/c1-2-13(5-3-4-9)8(14)7-10-6-11-12-7/h6H,2-3,5H2,1H3,(H,10,11,12). The van der Waals surface area contributed by atoms with E-state index in [4.69, 9.17) is 5.26 Å². The number of carbonyl (C=O) groups excluding carboxylic acids is 1. The first-order valence-electron chi connectivity index (χ1n) is 4.31. The fraction of sp³-hybridized carbons (Fsp3) is 0.500. The molecule has 0 radical (unpaired) electrons. The molecule has 0 atom stereocenters. The third-order valence-electron chi connectivity index (χ3n) is 1.78. The van der Waals surface area contributed by atoms with Crippen LogP contribution in [-0.2, 0) is 0 Å². The molecule has 0 fully saturated rings. The molecule has 1 amide bonds. The van der Waals surface area contributed by atoms with Gasteiger partial charge in [0, 0.05) is 13.1 Å². The quantitative estimate of drug-likeness (QED) is 0.739. The maximum absolute atomic E-state index is 11.6. The molecule has 0 saturated carbocycles. The number of aromatic amines is 1. The number of rotatable bonds is 4. The van der Waals surface area contributed by atoms with Gasteiger partial charge in [-0.3, -0.25) is 9.89 Å². The van der Waals surface area contributed by atoms with Crippen LogP contribution in [0.2, 0.25) is 0 Å². The average Bonchev–Trinajstić information content (AvgIpc) is 2.71. The zero-order chi connectivity index (χ0) is 10.4. The highest BCUT2D eigenvalue weighted by Crippen LogP contribution is 1.98. The summed E-state index contributed by atoms with van der Waals surface area (Å²) in [7, 11) is 0. The van der Waals surface area contributed by atoms with E-state index in [9.17, 15) is 4.79 Å². The number of nitrogens with zero attached hydrogens (tertiary/aromatic N) is 4. The molecular weight excluding hydrogens is 182 g/mol. The smallest absolute Gasteiger partial charge is 0.291 e. The van der Waals surface area contributed by atoms with E-state index < -0.39 is 0 Å². The molecular formula is C8H11N5O. The predicted molar refractivity (Wildman–Crippen MR) is 48.2 cm³/mol. The van der Waals surface area contributed by atoms with Crippen LogP contribution in [0.4, 0.5) is 0 Å². The maximum atomic E-state index is 11.6. The summed E-state index contributed by atoms with van der Waals surface area (Å²) in [5, 5.41) is 14.5. The van der Waals surface area contributed by atoms with Crippen LogP contribution in [0.5, 0.6) is 0 Å². The number of carbonyl (C=O) groups is 1. The van der Waals surface area contributed by atoms with E-state index in [1.54, 1.807) is 4.90 Å². The van der Waals surface area contributed by atoms with Crippen molar-refractivity contribution >= 4 is 5.91 Å². The third-order valence-corrected chi connectivity index (χ3v) is 1.78. The molecule has 0 aromatic carbocycles. The highest BCUT2D eigenvalue weighted by molar-refractivity contribution is 5.90. The van der Waals surface area contributed by atoms with E-state index in [0.29, 0.717) is 19.5 Å². The number of hydrogen-bond acceptors (Lipinski definition) is 4. The fourth-order valence-corrected chi connectivity index (χ4v) is 1.05. The first-order chi connectivity index (χ1) is 6.79. The van der Waals surface area contributed by atoms with Gasteiger partial charge in [0.2, 0.25) is 5.82 Å². The van der Waals surface area contributed by atoms with E-state index in [2.05, 4.69) is 15.2 Å². The molecule has 1 heterocycles. The number of amides is 1. The van der Waals surface area contributed by atoms with E-state index in [-0.39, 0.29) is 11.7 Å². The van der Waals surface area contributed by atoms with Crippen LogP contribution in [0.15, 0.2) is 6.33 Å². The van der Waals surface area contributed by atoms with Gasteiger partial charge in [-0.25, -0.2) is 4.98 Å². The van der Waals surface area contributed by atoms with Gasteiger partial charge < -0.3 is 4.90 Å². The minimum Gasteiger partial charge on any atom is -0.335 e. The molecule has 1 rings (SSSR count). The summed E-state index contributed by atoms with van der Waals surface area (Å²) >= 11 is 0. The fourth-order valence-electron chi connectivity index (χ4n) is 1.05. The second kappa shape index (κ2) is 4.97. The van der Waals surface area contributed by atoms with Crippen molar-refractivity contribution in [3.63, 3.8) is 0 Å². The zero-order valence-corrected chi connectivity index (χ0v) is 7.90. The SMILES string of the molecule is CCN(CCC#N)C(=O)c1ncn[nH]1. The minimum absolute atomic E-state index is 0.213. The molecule has 0 unspecified atom stereocenters. The normalized spacial score (nSPS) is 9.43. The lowest BCUT2D eigenvalue weighted by Gasteiger charge is -2.17. The van der Waals surface area contributed by atoms with Gasteiger partial charge in [0.15, 0.2) is 0 Å². The van der Waals surface area contributed by atoms with E-state index >= 15 is 0 Å². The average molecular weight is 193 g/mol. The number of aromatic nitrogens is 3. The Bertz CT molecular complexity index is 326. The molecule has 6 heteroatoms. The topological polar surface area (TPSA) is 85.7 Å². The Kier molecular flexibility index (Phi) is 3.61. The van der Waals surface area contributed by atoms with Gasteiger partial charge in [0.25, 0.3) is 5.91 Å². The van der Waals surface area contributed by atoms with Gasteiger partial charge >= 0.3 is 0 Å². The third kappa shape index (κ3) is 2.29. The number of H-pyrrole nitrogens is 1. The van der Waals surface area contributed by atoms with E-state index in [1.807, 2.05) is 13.0 Å². The Hall–Kier alpha value is -1.90. The highest BCUT2D eigenvalue weighted by atomic mass is 16.2. The second-order valence-electron chi connectivity index (χ2n) is 2.63. The van der Waals surface area contributed by atoms with Crippen LogP contribution in [0.1, 0.15) is 24.0 Å². The first kappa shape index (κ1) is 10.2. The van der Waals surface area contributed by atoms with Crippen LogP contribution in [0, 0.1) is 11.3 Å². The van der Waals surface area contributed by atoms with Crippen molar-refractivity contribution in [3.8, 4) is 6.07 Å². The molecule has 6 nitrogen and oxygen atoms in total. The van der Waals surface area contributed by atoms with Crippen molar-refractivity contribution in [2.75, 3.05) is 13.1 Å². The lowest BCUT2D eigenvalue weighted by Crippen LogP contribution is -2.32. The molecule has 0 spiro atoms. The molecule has 0 saturated heterocycles. The Labute approximate surface area is 81.6 Å². The molecule has 0 bridgehead atoms. The van der Waals surface area contributed by atoms with Crippen LogP contribution < -0.4 is 0 Å². The number of nitriles is 1. The van der Waals surface area contributed by atoms with Gasteiger partial charge in [-0.2, -0.15) is 10.4 Å². The Morgan fingerprint density at radius 3 is 3.07 bits per heavy atom. The van der Waals surface area contributed by atoms with Gasteiger partial charge in [-0.1, -0.05) is 0 Å². The monoisotopic (exact) mass is 193 g/mol. The van der Waals surface area contributed by atoms with Crippen LogP contribution in [-0.4, -0.2) is 39.1 Å². The Balaban J connectivity index is 2.62. The van der Waals surface area contributed by atoms with Crippen molar-refractivity contribution in [1.82, 2.24) is 20.1 Å². The molecule has 1 aromatic heterocycles. The molecule has 0 aliphatic carbocycles. The largest absolute Gasteiger partial charge is 0.335 e.